The van der Waals surface area contributed by atoms with Crippen molar-refractivity contribution in [1.82, 2.24) is 0 Å². The van der Waals surface area contributed by atoms with Gasteiger partial charge in [0.25, 0.3) is 0 Å². The summed E-state index contributed by atoms with van der Waals surface area (Å²) in [6.07, 6.45) is 7.20. The standard InChI is InChI=1S/C14H13NO.C2H6/c1-2-6-13(7-3-1)12-15-10-4-8-14-9-5-11-16-14;1-2/h1-11H,12H2;1-2H3/b8-4+,15-10?;. The summed E-state index contributed by atoms with van der Waals surface area (Å²) in [5.74, 6) is 0.839. The van der Waals surface area contributed by atoms with Crippen molar-refractivity contribution in [2.75, 3.05) is 0 Å². The first-order valence-electron chi connectivity index (χ1n) is 6.19. The monoisotopic (exact) mass is 241 g/mol. The Morgan fingerprint density at radius 1 is 1.06 bits per heavy atom. The quantitative estimate of drug-likeness (QED) is 0.719. The molecule has 0 N–H and O–H groups in total. The van der Waals surface area contributed by atoms with Gasteiger partial charge in [-0.05, 0) is 29.8 Å². The maximum absolute atomic E-state index is 5.15. The fourth-order valence-corrected chi connectivity index (χ4v) is 1.33. The molecular formula is C16H19NO. The molecule has 0 bridgehead atoms. The molecule has 2 rings (SSSR count). The maximum Gasteiger partial charge on any atom is 0.126 e. The van der Waals surface area contributed by atoms with Gasteiger partial charge in [-0.25, -0.2) is 0 Å². The number of rotatable bonds is 4. The number of allylic oxidation sites excluding steroid dienone is 1. The zero-order valence-electron chi connectivity index (χ0n) is 10.9. The Hall–Kier alpha value is -2.09. The third kappa shape index (κ3) is 5.30. The fourth-order valence-electron chi connectivity index (χ4n) is 1.33. The van der Waals surface area contributed by atoms with Crippen LogP contribution in [0, 0.1) is 0 Å². The summed E-state index contributed by atoms with van der Waals surface area (Å²) in [7, 11) is 0. The maximum atomic E-state index is 5.15. The molecule has 1 aromatic carbocycles. The second-order valence-corrected chi connectivity index (χ2v) is 3.35. The Morgan fingerprint density at radius 3 is 2.50 bits per heavy atom. The van der Waals surface area contributed by atoms with Crippen molar-refractivity contribution in [2.45, 2.75) is 20.4 Å². The lowest BCUT2D eigenvalue weighted by atomic mass is 10.2. The Morgan fingerprint density at radius 2 is 1.83 bits per heavy atom. The van der Waals surface area contributed by atoms with Gasteiger partial charge >= 0.3 is 0 Å². The van der Waals surface area contributed by atoms with E-state index in [1.54, 1.807) is 12.5 Å². The number of furan rings is 1. The Kier molecular flexibility index (Phi) is 6.98. The summed E-state index contributed by atoms with van der Waals surface area (Å²) in [6, 6.07) is 13.9. The van der Waals surface area contributed by atoms with E-state index < -0.39 is 0 Å². The van der Waals surface area contributed by atoms with Crippen molar-refractivity contribution in [3.63, 3.8) is 0 Å². The molecule has 0 aliphatic rings. The number of benzene rings is 1. The number of hydrogen-bond acceptors (Lipinski definition) is 2. The zero-order chi connectivity index (χ0) is 13.1. The number of nitrogens with zero attached hydrogens (tertiary/aromatic N) is 1. The fraction of sp³-hybridized carbons (Fsp3) is 0.188. The van der Waals surface area contributed by atoms with E-state index in [1.165, 1.54) is 5.56 Å². The van der Waals surface area contributed by atoms with Crippen LogP contribution in [-0.4, -0.2) is 6.21 Å². The SMILES string of the molecule is C(/C=C/c1ccco1)=NCc1ccccc1.CC. The van der Waals surface area contributed by atoms with Gasteiger partial charge in [-0.3, -0.25) is 4.99 Å². The van der Waals surface area contributed by atoms with Crippen molar-refractivity contribution in [1.29, 1.82) is 0 Å². The van der Waals surface area contributed by atoms with Crippen molar-refractivity contribution in [3.05, 3.63) is 66.1 Å². The normalized spacial score (nSPS) is 10.6. The van der Waals surface area contributed by atoms with E-state index in [0.29, 0.717) is 6.54 Å². The molecule has 0 aliphatic heterocycles. The smallest absolute Gasteiger partial charge is 0.126 e. The Labute approximate surface area is 109 Å². The van der Waals surface area contributed by atoms with Gasteiger partial charge in [-0.1, -0.05) is 44.2 Å². The van der Waals surface area contributed by atoms with Gasteiger partial charge in [0.2, 0.25) is 0 Å². The highest BCUT2D eigenvalue weighted by Crippen LogP contribution is 2.02. The summed E-state index contributed by atoms with van der Waals surface area (Å²) in [5, 5.41) is 0. The number of aliphatic imine (C=N–C) groups is 1. The first-order chi connectivity index (χ1) is 8.95. The molecule has 18 heavy (non-hydrogen) atoms. The van der Waals surface area contributed by atoms with Crippen molar-refractivity contribution >= 4 is 12.3 Å². The predicted molar refractivity (Wildman–Crippen MR) is 77.7 cm³/mol. The first-order valence-corrected chi connectivity index (χ1v) is 6.19. The van der Waals surface area contributed by atoms with Gasteiger partial charge in [0, 0.05) is 6.21 Å². The van der Waals surface area contributed by atoms with Crippen LogP contribution in [0.15, 0.2) is 64.2 Å². The average molecular weight is 241 g/mol. The highest BCUT2D eigenvalue weighted by molar-refractivity contribution is 5.77. The molecule has 2 nitrogen and oxygen atoms in total. The average Bonchev–Trinajstić information content (AvgIpc) is 2.95. The summed E-state index contributed by atoms with van der Waals surface area (Å²) >= 11 is 0. The molecule has 2 aromatic rings. The lowest BCUT2D eigenvalue weighted by Gasteiger charge is -1.92. The van der Waals surface area contributed by atoms with Crippen LogP contribution in [0.3, 0.4) is 0 Å². The van der Waals surface area contributed by atoms with Gasteiger partial charge in [-0.2, -0.15) is 0 Å². The van der Waals surface area contributed by atoms with Crippen LogP contribution in [-0.2, 0) is 6.54 Å². The predicted octanol–water partition coefficient (Wildman–Crippen LogP) is 4.59. The largest absolute Gasteiger partial charge is 0.465 e. The van der Waals surface area contributed by atoms with E-state index in [0.717, 1.165) is 5.76 Å². The molecule has 2 heteroatoms. The Bertz CT molecular complexity index is 455. The second kappa shape index (κ2) is 8.99. The second-order valence-electron chi connectivity index (χ2n) is 3.35. The van der Waals surface area contributed by atoms with Gasteiger partial charge in [0.05, 0.1) is 12.8 Å². The molecule has 0 aliphatic carbocycles. The van der Waals surface area contributed by atoms with Crippen LogP contribution in [0.25, 0.3) is 6.08 Å². The van der Waals surface area contributed by atoms with E-state index in [2.05, 4.69) is 17.1 Å². The van der Waals surface area contributed by atoms with Gasteiger partial charge in [0.1, 0.15) is 5.76 Å². The summed E-state index contributed by atoms with van der Waals surface area (Å²) in [6.45, 7) is 4.71. The molecule has 0 saturated carbocycles. The van der Waals surface area contributed by atoms with Crippen molar-refractivity contribution in [2.24, 2.45) is 4.99 Å². The molecule has 0 saturated heterocycles. The lowest BCUT2D eigenvalue weighted by Crippen LogP contribution is -1.79. The molecule has 1 heterocycles. The molecule has 1 aromatic heterocycles. The van der Waals surface area contributed by atoms with E-state index in [-0.39, 0.29) is 0 Å². The highest BCUT2D eigenvalue weighted by atomic mass is 16.3. The van der Waals surface area contributed by atoms with Gasteiger partial charge in [0.15, 0.2) is 0 Å². The van der Waals surface area contributed by atoms with Gasteiger partial charge < -0.3 is 4.42 Å². The van der Waals surface area contributed by atoms with Crippen LogP contribution >= 0.6 is 0 Å². The minimum atomic E-state index is 0.712. The Balaban J connectivity index is 0.000000771. The molecule has 0 spiro atoms. The van der Waals surface area contributed by atoms with E-state index in [1.807, 2.05) is 56.3 Å². The third-order valence-corrected chi connectivity index (χ3v) is 2.11. The van der Waals surface area contributed by atoms with E-state index in [9.17, 15) is 0 Å². The van der Waals surface area contributed by atoms with Crippen LogP contribution in [0.1, 0.15) is 25.2 Å². The molecule has 0 amide bonds. The lowest BCUT2D eigenvalue weighted by molar-refractivity contribution is 0.557. The van der Waals surface area contributed by atoms with Crippen molar-refractivity contribution in [3.8, 4) is 0 Å². The zero-order valence-corrected chi connectivity index (χ0v) is 10.9. The molecule has 0 radical (unpaired) electrons. The summed E-state index contributed by atoms with van der Waals surface area (Å²) in [5.41, 5.74) is 1.21. The van der Waals surface area contributed by atoms with Crippen LogP contribution in [0.4, 0.5) is 0 Å². The van der Waals surface area contributed by atoms with Crippen molar-refractivity contribution < 1.29 is 4.42 Å². The van der Waals surface area contributed by atoms with Gasteiger partial charge in [-0.15, -0.1) is 0 Å². The molecule has 0 fully saturated rings. The molecular weight excluding hydrogens is 222 g/mol. The van der Waals surface area contributed by atoms with Crippen LogP contribution in [0.2, 0.25) is 0 Å². The highest BCUT2D eigenvalue weighted by Gasteiger charge is 1.86. The molecule has 0 atom stereocenters. The van der Waals surface area contributed by atoms with Crippen LogP contribution < -0.4 is 0 Å². The minimum Gasteiger partial charge on any atom is -0.465 e. The summed E-state index contributed by atoms with van der Waals surface area (Å²) in [4.78, 5) is 4.29. The van der Waals surface area contributed by atoms with E-state index in [4.69, 9.17) is 4.42 Å². The topological polar surface area (TPSA) is 25.5 Å². The molecule has 94 valence electrons. The molecule has 0 unspecified atom stereocenters. The number of hydrogen-bond donors (Lipinski definition) is 0. The van der Waals surface area contributed by atoms with E-state index >= 15 is 0 Å². The first kappa shape index (κ1) is 14.0. The van der Waals surface area contributed by atoms with Crippen LogP contribution in [0.5, 0.6) is 0 Å². The minimum absolute atomic E-state index is 0.712. The summed E-state index contributed by atoms with van der Waals surface area (Å²) < 4.78 is 5.15. The third-order valence-electron chi connectivity index (χ3n) is 2.11.